The Morgan fingerprint density at radius 3 is 2.70 bits per heavy atom. The lowest BCUT2D eigenvalue weighted by Gasteiger charge is -2.44. The van der Waals surface area contributed by atoms with Crippen molar-refractivity contribution in [3.63, 3.8) is 0 Å². The molecule has 0 unspecified atom stereocenters. The topological polar surface area (TPSA) is 36.0 Å². The van der Waals surface area contributed by atoms with Gasteiger partial charge in [-0.25, -0.2) is 4.79 Å². The molecule has 2 heterocycles. The molecule has 0 aliphatic carbocycles. The number of amides is 2. The van der Waals surface area contributed by atoms with E-state index in [1.165, 1.54) is 5.69 Å². The van der Waals surface area contributed by atoms with Crippen LogP contribution in [0.1, 0.15) is 12.8 Å². The highest BCUT2D eigenvalue weighted by atomic mass is 16.5. The number of nitrogens with zero attached hydrogens (tertiary/aromatic N) is 3. The van der Waals surface area contributed by atoms with Crippen LogP contribution in [0.2, 0.25) is 0 Å². The highest BCUT2D eigenvalue weighted by Gasteiger charge is 2.40. The molecular formula is C18H27N3O2. The van der Waals surface area contributed by atoms with Crippen LogP contribution in [0.3, 0.4) is 0 Å². The Balaban J connectivity index is 1.77. The fourth-order valence-corrected chi connectivity index (χ4v) is 3.75. The van der Waals surface area contributed by atoms with Crippen molar-refractivity contribution >= 4 is 11.7 Å². The Kier molecular flexibility index (Phi) is 4.76. The molecule has 2 aliphatic rings. The summed E-state index contributed by atoms with van der Waals surface area (Å²) >= 11 is 0. The summed E-state index contributed by atoms with van der Waals surface area (Å²) in [6, 6.07) is 10.6. The van der Waals surface area contributed by atoms with Gasteiger partial charge in [0.25, 0.3) is 0 Å². The monoisotopic (exact) mass is 317 g/mol. The highest BCUT2D eigenvalue weighted by molar-refractivity contribution is 5.74. The Hall–Kier alpha value is -1.75. The Morgan fingerprint density at radius 1 is 1.17 bits per heavy atom. The number of anilines is 1. The number of rotatable bonds is 1. The lowest BCUT2D eigenvalue weighted by Crippen LogP contribution is -2.54. The van der Waals surface area contributed by atoms with Crippen LogP contribution in [0.25, 0.3) is 0 Å². The fourth-order valence-electron chi connectivity index (χ4n) is 3.75. The van der Waals surface area contributed by atoms with E-state index in [1.807, 2.05) is 25.1 Å². The molecular weight excluding hydrogens is 290 g/mol. The van der Waals surface area contributed by atoms with Gasteiger partial charge in [-0.1, -0.05) is 18.2 Å². The van der Waals surface area contributed by atoms with Crippen LogP contribution in [0.15, 0.2) is 30.3 Å². The Morgan fingerprint density at radius 2 is 1.96 bits per heavy atom. The summed E-state index contributed by atoms with van der Waals surface area (Å²) in [6.45, 7) is 4.99. The lowest BCUT2D eigenvalue weighted by molar-refractivity contribution is 0.0210. The van der Waals surface area contributed by atoms with Gasteiger partial charge in [-0.3, -0.25) is 0 Å². The molecule has 3 rings (SSSR count). The van der Waals surface area contributed by atoms with Crippen molar-refractivity contribution in [2.24, 2.45) is 5.41 Å². The van der Waals surface area contributed by atoms with Crippen LogP contribution >= 0.6 is 0 Å². The minimum Gasteiger partial charge on any atom is -0.379 e. The van der Waals surface area contributed by atoms with Gasteiger partial charge in [-0.15, -0.1) is 0 Å². The minimum absolute atomic E-state index is 0.0380. The first-order chi connectivity index (χ1) is 11.1. The number of hydrogen-bond acceptors (Lipinski definition) is 3. The predicted octanol–water partition coefficient (Wildman–Crippen LogP) is 2.29. The van der Waals surface area contributed by atoms with E-state index >= 15 is 0 Å². The van der Waals surface area contributed by atoms with E-state index in [1.54, 1.807) is 4.90 Å². The number of urea groups is 1. The van der Waals surface area contributed by atoms with Crippen molar-refractivity contribution in [2.45, 2.75) is 12.8 Å². The summed E-state index contributed by atoms with van der Waals surface area (Å²) in [7, 11) is 3.65. The van der Waals surface area contributed by atoms with Crippen molar-refractivity contribution in [3.8, 4) is 0 Å². The number of benzene rings is 1. The second kappa shape index (κ2) is 6.79. The third-order valence-corrected chi connectivity index (χ3v) is 4.88. The van der Waals surface area contributed by atoms with E-state index in [2.05, 4.69) is 29.2 Å². The summed E-state index contributed by atoms with van der Waals surface area (Å²) in [5.74, 6) is 0. The van der Waals surface area contributed by atoms with E-state index < -0.39 is 0 Å². The molecule has 5 nitrogen and oxygen atoms in total. The summed E-state index contributed by atoms with van der Waals surface area (Å²) < 4.78 is 5.93. The second-order valence-electron chi connectivity index (χ2n) is 7.01. The van der Waals surface area contributed by atoms with Crippen LogP contribution in [-0.4, -0.2) is 69.3 Å². The minimum atomic E-state index is 0.0380. The first-order valence-corrected chi connectivity index (χ1v) is 8.44. The van der Waals surface area contributed by atoms with Gasteiger partial charge >= 0.3 is 6.03 Å². The predicted molar refractivity (Wildman–Crippen MR) is 91.8 cm³/mol. The number of piperidine rings is 1. The number of carbonyl (C=O) groups is 1. The molecule has 2 saturated heterocycles. The maximum absolute atomic E-state index is 12.4. The molecule has 2 amide bonds. The lowest BCUT2D eigenvalue weighted by atomic mass is 9.80. The molecule has 23 heavy (non-hydrogen) atoms. The molecule has 0 saturated carbocycles. The van der Waals surface area contributed by atoms with Crippen molar-refractivity contribution < 1.29 is 9.53 Å². The van der Waals surface area contributed by atoms with Crippen molar-refractivity contribution in [1.29, 1.82) is 0 Å². The summed E-state index contributed by atoms with van der Waals surface area (Å²) in [4.78, 5) is 18.4. The van der Waals surface area contributed by atoms with E-state index in [-0.39, 0.29) is 11.4 Å². The first kappa shape index (κ1) is 16.1. The number of likely N-dealkylation sites (tertiary alicyclic amines) is 1. The number of para-hydroxylation sites is 1. The number of ether oxygens (including phenoxy) is 1. The highest BCUT2D eigenvalue weighted by Crippen LogP contribution is 2.34. The largest absolute Gasteiger partial charge is 0.379 e. The van der Waals surface area contributed by atoms with Gasteiger partial charge in [-0.2, -0.15) is 0 Å². The molecule has 0 aromatic heterocycles. The Bertz CT molecular complexity index is 534. The maximum atomic E-state index is 12.4. The van der Waals surface area contributed by atoms with Crippen molar-refractivity contribution in [2.75, 3.05) is 58.4 Å². The van der Waals surface area contributed by atoms with Gasteiger partial charge in [0.15, 0.2) is 0 Å². The zero-order chi connectivity index (χ0) is 16.3. The van der Waals surface area contributed by atoms with E-state index in [9.17, 15) is 4.79 Å². The average molecular weight is 317 g/mol. The summed E-state index contributed by atoms with van der Waals surface area (Å²) in [5, 5.41) is 0. The van der Waals surface area contributed by atoms with Gasteiger partial charge in [0, 0.05) is 51.4 Å². The van der Waals surface area contributed by atoms with Gasteiger partial charge in [0.2, 0.25) is 0 Å². The van der Waals surface area contributed by atoms with Gasteiger partial charge in [0.05, 0.1) is 13.2 Å². The average Bonchev–Trinajstić information content (AvgIpc) is 2.77. The van der Waals surface area contributed by atoms with Crippen LogP contribution in [0, 0.1) is 5.41 Å². The number of hydrogen-bond donors (Lipinski definition) is 0. The van der Waals surface area contributed by atoms with Gasteiger partial charge < -0.3 is 19.4 Å². The van der Waals surface area contributed by atoms with Crippen LogP contribution in [-0.2, 0) is 4.74 Å². The summed E-state index contributed by atoms with van der Waals surface area (Å²) in [6.07, 6.45) is 2.17. The molecule has 1 spiro atoms. The zero-order valence-corrected chi connectivity index (χ0v) is 14.2. The molecule has 0 bridgehead atoms. The molecule has 1 aromatic carbocycles. The van der Waals surface area contributed by atoms with Crippen molar-refractivity contribution in [3.05, 3.63) is 30.3 Å². The molecule has 1 aromatic rings. The SMILES string of the molecule is CN(C)C(=O)N1CCC[C@@]2(COCCN(c3ccccc3)C2)C1. The normalized spacial score (nSPS) is 25.3. The van der Waals surface area contributed by atoms with Crippen LogP contribution in [0.5, 0.6) is 0 Å². The molecule has 126 valence electrons. The Labute approximate surface area is 138 Å². The molecule has 0 radical (unpaired) electrons. The number of carbonyl (C=O) groups excluding carboxylic acids is 1. The van der Waals surface area contributed by atoms with E-state index in [4.69, 9.17) is 4.74 Å². The molecule has 2 aliphatic heterocycles. The van der Waals surface area contributed by atoms with Crippen LogP contribution in [0.4, 0.5) is 10.5 Å². The summed E-state index contributed by atoms with van der Waals surface area (Å²) in [5.41, 5.74) is 1.28. The molecule has 1 atom stereocenters. The molecule has 0 N–H and O–H groups in total. The third-order valence-electron chi connectivity index (χ3n) is 4.88. The standard InChI is InChI=1S/C18H27N3O2/c1-19(2)17(22)21-10-6-9-18(14-21)13-20(11-12-23-15-18)16-7-4-3-5-8-16/h3-5,7-8H,6,9-15H2,1-2H3/t18-/m0/s1. The quantitative estimate of drug-likeness (QED) is 0.797. The van der Waals surface area contributed by atoms with Gasteiger partial charge in [-0.05, 0) is 25.0 Å². The first-order valence-electron chi connectivity index (χ1n) is 8.44. The second-order valence-corrected chi connectivity index (χ2v) is 7.01. The smallest absolute Gasteiger partial charge is 0.319 e. The zero-order valence-electron chi connectivity index (χ0n) is 14.2. The van der Waals surface area contributed by atoms with Gasteiger partial charge in [0.1, 0.15) is 0 Å². The van der Waals surface area contributed by atoms with E-state index in [0.717, 1.165) is 52.2 Å². The molecule has 5 heteroatoms. The van der Waals surface area contributed by atoms with Crippen molar-refractivity contribution in [1.82, 2.24) is 9.80 Å². The maximum Gasteiger partial charge on any atom is 0.319 e. The molecule has 2 fully saturated rings. The third kappa shape index (κ3) is 3.61. The van der Waals surface area contributed by atoms with E-state index in [0.29, 0.717) is 0 Å². The fraction of sp³-hybridized carbons (Fsp3) is 0.611. The van der Waals surface area contributed by atoms with Crippen LogP contribution < -0.4 is 4.90 Å².